The van der Waals surface area contributed by atoms with Gasteiger partial charge in [-0.25, -0.2) is 4.98 Å². The molecule has 0 saturated carbocycles. The second-order valence-corrected chi connectivity index (χ2v) is 6.49. The minimum absolute atomic E-state index is 0.0464. The molecule has 1 aromatic carbocycles. The van der Waals surface area contributed by atoms with Gasteiger partial charge in [-0.2, -0.15) is 0 Å². The first-order chi connectivity index (χ1) is 10.9. The molecule has 1 heterocycles. The number of carboxylic acids is 1. The van der Waals surface area contributed by atoms with E-state index in [9.17, 15) is 9.59 Å². The molecule has 0 spiro atoms. The molecule has 0 atom stereocenters. The van der Waals surface area contributed by atoms with E-state index in [-0.39, 0.29) is 18.7 Å². The third-order valence-corrected chi connectivity index (χ3v) is 4.58. The third kappa shape index (κ3) is 4.39. The minimum atomic E-state index is -0.982. The van der Waals surface area contributed by atoms with Crippen molar-refractivity contribution in [3.05, 3.63) is 34.2 Å². The van der Waals surface area contributed by atoms with Gasteiger partial charge in [0.15, 0.2) is 5.13 Å². The highest BCUT2D eigenvalue weighted by molar-refractivity contribution is 7.16. The maximum atomic E-state index is 11.8. The number of hydrogen-bond donors (Lipinski definition) is 2. The Hall–Kier alpha value is -2.21. The molecule has 0 aliphatic rings. The number of rotatable bonds is 6. The Labute approximate surface area is 139 Å². The van der Waals surface area contributed by atoms with Gasteiger partial charge in [-0.1, -0.05) is 30.7 Å². The highest BCUT2D eigenvalue weighted by Crippen LogP contribution is 2.33. The third-order valence-electron chi connectivity index (χ3n) is 3.47. The summed E-state index contributed by atoms with van der Waals surface area (Å²) in [5.74, 6) is -1.31. The van der Waals surface area contributed by atoms with Gasteiger partial charge < -0.3 is 10.4 Å². The molecule has 2 aromatic rings. The Morgan fingerprint density at radius 3 is 2.61 bits per heavy atom. The second kappa shape index (κ2) is 7.37. The van der Waals surface area contributed by atoms with Crippen LogP contribution in [0.1, 0.15) is 35.8 Å². The molecule has 0 aliphatic carbocycles. The molecule has 1 amide bonds. The number of amides is 1. The molecule has 2 rings (SSSR count). The number of nitrogens with one attached hydrogen (secondary N) is 1. The van der Waals surface area contributed by atoms with Crippen molar-refractivity contribution < 1.29 is 14.7 Å². The summed E-state index contributed by atoms with van der Waals surface area (Å²) in [6.45, 7) is 6.15. The number of thiazole rings is 1. The summed E-state index contributed by atoms with van der Waals surface area (Å²) >= 11 is 1.44. The van der Waals surface area contributed by atoms with Gasteiger partial charge >= 0.3 is 5.97 Å². The van der Waals surface area contributed by atoms with Gasteiger partial charge in [0.1, 0.15) is 0 Å². The van der Waals surface area contributed by atoms with Crippen molar-refractivity contribution in [1.29, 1.82) is 0 Å². The van der Waals surface area contributed by atoms with Crippen molar-refractivity contribution in [2.75, 3.05) is 5.32 Å². The molecule has 0 bridgehead atoms. The minimum Gasteiger partial charge on any atom is -0.481 e. The van der Waals surface area contributed by atoms with Gasteiger partial charge in [-0.15, -0.1) is 11.3 Å². The highest BCUT2D eigenvalue weighted by Gasteiger charge is 2.15. The van der Waals surface area contributed by atoms with Crippen molar-refractivity contribution in [3.8, 4) is 11.3 Å². The van der Waals surface area contributed by atoms with Crippen LogP contribution in [-0.2, 0) is 16.0 Å². The number of nitrogens with zero attached hydrogens (tertiary/aromatic N) is 1. The zero-order valence-electron chi connectivity index (χ0n) is 13.5. The topological polar surface area (TPSA) is 79.3 Å². The Morgan fingerprint density at radius 2 is 2.00 bits per heavy atom. The summed E-state index contributed by atoms with van der Waals surface area (Å²) in [6, 6.07) is 6.21. The SMILES string of the molecule is CCc1sc(NC(=O)CCC(=O)O)nc1-c1ccc(C)cc1C. The monoisotopic (exact) mass is 332 g/mol. The molecular formula is C17H20N2O3S. The molecule has 0 saturated heterocycles. The average Bonchev–Trinajstić information content (AvgIpc) is 2.87. The lowest BCUT2D eigenvalue weighted by Crippen LogP contribution is -2.12. The van der Waals surface area contributed by atoms with Crippen LogP contribution in [0.15, 0.2) is 18.2 Å². The van der Waals surface area contributed by atoms with E-state index >= 15 is 0 Å². The van der Waals surface area contributed by atoms with Crippen LogP contribution in [0.3, 0.4) is 0 Å². The summed E-state index contributed by atoms with van der Waals surface area (Å²) in [5, 5.41) is 11.8. The summed E-state index contributed by atoms with van der Waals surface area (Å²) in [6.07, 6.45) is 0.600. The van der Waals surface area contributed by atoms with Crippen LogP contribution >= 0.6 is 11.3 Å². The van der Waals surface area contributed by atoms with Crippen LogP contribution in [0.4, 0.5) is 5.13 Å². The predicted molar refractivity (Wildman–Crippen MR) is 91.9 cm³/mol. The van der Waals surface area contributed by atoms with Gasteiger partial charge in [-0.3, -0.25) is 9.59 Å². The Kier molecular flexibility index (Phi) is 5.50. The number of aromatic nitrogens is 1. The van der Waals surface area contributed by atoms with Crippen LogP contribution in [0.5, 0.6) is 0 Å². The average molecular weight is 332 g/mol. The van der Waals surface area contributed by atoms with E-state index in [0.29, 0.717) is 5.13 Å². The number of hydrogen-bond acceptors (Lipinski definition) is 4. The fraction of sp³-hybridized carbons (Fsp3) is 0.353. The van der Waals surface area contributed by atoms with Gasteiger partial charge in [0, 0.05) is 16.9 Å². The molecule has 0 fully saturated rings. The first-order valence-electron chi connectivity index (χ1n) is 7.49. The quantitative estimate of drug-likeness (QED) is 0.843. The molecule has 0 radical (unpaired) electrons. The Morgan fingerprint density at radius 1 is 1.26 bits per heavy atom. The lowest BCUT2D eigenvalue weighted by molar-refractivity contribution is -0.138. The van der Waals surface area contributed by atoms with E-state index in [1.165, 1.54) is 16.9 Å². The van der Waals surface area contributed by atoms with Gasteiger partial charge in [0.25, 0.3) is 0 Å². The molecule has 0 unspecified atom stereocenters. The number of carbonyl (C=O) groups excluding carboxylic acids is 1. The van der Waals surface area contributed by atoms with E-state index in [1.807, 2.05) is 19.9 Å². The van der Waals surface area contributed by atoms with Crippen LogP contribution in [-0.4, -0.2) is 22.0 Å². The molecule has 5 nitrogen and oxygen atoms in total. The number of anilines is 1. The van der Waals surface area contributed by atoms with Crippen molar-refractivity contribution in [1.82, 2.24) is 4.98 Å². The van der Waals surface area contributed by atoms with Crippen LogP contribution in [0.2, 0.25) is 0 Å². The summed E-state index contributed by atoms with van der Waals surface area (Å²) in [5.41, 5.74) is 4.30. The van der Waals surface area contributed by atoms with Gasteiger partial charge in [0.05, 0.1) is 12.1 Å². The summed E-state index contributed by atoms with van der Waals surface area (Å²) in [7, 11) is 0. The Bertz CT molecular complexity index is 737. The Balaban J connectivity index is 2.23. The normalized spacial score (nSPS) is 10.6. The predicted octanol–water partition coefficient (Wildman–Crippen LogP) is 3.79. The van der Waals surface area contributed by atoms with Crippen molar-refractivity contribution >= 4 is 28.3 Å². The van der Waals surface area contributed by atoms with E-state index in [2.05, 4.69) is 29.4 Å². The largest absolute Gasteiger partial charge is 0.481 e. The van der Waals surface area contributed by atoms with Crippen LogP contribution in [0, 0.1) is 13.8 Å². The number of aryl methyl sites for hydroxylation is 3. The fourth-order valence-electron chi connectivity index (χ4n) is 2.34. The van der Waals surface area contributed by atoms with Crippen molar-refractivity contribution in [3.63, 3.8) is 0 Å². The molecule has 23 heavy (non-hydrogen) atoms. The lowest BCUT2D eigenvalue weighted by atomic mass is 10.0. The standard InChI is InChI=1S/C17H20N2O3S/c1-4-13-16(12-6-5-10(2)9-11(12)3)19-17(23-13)18-14(20)7-8-15(21)22/h5-6,9H,4,7-8H2,1-3H3,(H,21,22)(H,18,19,20). The number of carbonyl (C=O) groups is 2. The highest BCUT2D eigenvalue weighted by atomic mass is 32.1. The maximum absolute atomic E-state index is 11.8. The van der Waals surface area contributed by atoms with E-state index < -0.39 is 5.97 Å². The molecule has 122 valence electrons. The van der Waals surface area contributed by atoms with E-state index in [4.69, 9.17) is 5.11 Å². The zero-order valence-corrected chi connectivity index (χ0v) is 14.3. The summed E-state index contributed by atoms with van der Waals surface area (Å²) in [4.78, 5) is 27.9. The van der Waals surface area contributed by atoms with E-state index in [1.54, 1.807) is 0 Å². The second-order valence-electron chi connectivity index (χ2n) is 5.40. The molecule has 0 aliphatic heterocycles. The number of carboxylic acid groups (broad SMARTS) is 1. The zero-order chi connectivity index (χ0) is 17.0. The molecule has 2 N–H and O–H groups in total. The first-order valence-corrected chi connectivity index (χ1v) is 8.31. The van der Waals surface area contributed by atoms with Gasteiger partial charge in [-0.05, 0) is 25.8 Å². The smallest absolute Gasteiger partial charge is 0.303 e. The maximum Gasteiger partial charge on any atom is 0.303 e. The molecular weight excluding hydrogens is 312 g/mol. The number of benzene rings is 1. The van der Waals surface area contributed by atoms with Crippen LogP contribution in [0.25, 0.3) is 11.3 Å². The van der Waals surface area contributed by atoms with Gasteiger partial charge in [0.2, 0.25) is 5.91 Å². The fourth-order valence-corrected chi connectivity index (χ4v) is 3.27. The van der Waals surface area contributed by atoms with Crippen molar-refractivity contribution in [2.24, 2.45) is 0 Å². The van der Waals surface area contributed by atoms with Crippen molar-refractivity contribution in [2.45, 2.75) is 40.0 Å². The van der Waals surface area contributed by atoms with E-state index in [0.717, 1.165) is 28.1 Å². The summed E-state index contributed by atoms with van der Waals surface area (Å²) < 4.78 is 0. The first kappa shape index (κ1) is 17.1. The molecule has 1 aromatic heterocycles. The molecule has 6 heteroatoms. The van der Waals surface area contributed by atoms with Crippen LogP contribution < -0.4 is 5.32 Å². The number of aliphatic carboxylic acids is 1. The lowest BCUT2D eigenvalue weighted by Gasteiger charge is -2.06.